The third-order valence-corrected chi connectivity index (χ3v) is 6.86. The molecule has 1 amide bonds. The van der Waals surface area contributed by atoms with Gasteiger partial charge in [0.25, 0.3) is 5.91 Å². The summed E-state index contributed by atoms with van der Waals surface area (Å²) in [4.78, 5) is 24.8. The second kappa shape index (κ2) is 11.1. The maximum absolute atomic E-state index is 13.1. The first kappa shape index (κ1) is 23.7. The molecule has 180 valence electrons. The highest BCUT2D eigenvalue weighted by atomic mass is 16.7. The molecule has 4 rings (SSSR count). The van der Waals surface area contributed by atoms with Crippen molar-refractivity contribution in [2.24, 2.45) is 11.8 Å². The Balaban J connectivity index is 1.44. The summed E-state index contributed by atoms with van der Waals surface area (Å²) in [6, 6.07) is 7.39. The van der Waals surface area contributed by atoms with Crippen molar-refractivity contribution in [1.29, 1.82) is 0 Å². The highest BCUT2D eigenvalue weighted by Gasteiger charge is 2.41. The summed E-state index contributed by atoms with van der Waals surface area (Å²) in [5.41, 5.74) is 1.43. The smallest absolute Gasteiger partial charge is 0.337 e. The van der Waals surface area contributed by atoms with Crippen LogP contribution in [0.5, 0.6) is 0 Å². The molecule has 0 spiro atoms. The molecule has 2 bridgehead atoms. The van der Waals surface area contributed by atoms with E-state index in [9.17, 15) is 9.59 Å². The van der Waals surface area contributed by atoms with Gasteiger partial charge < -0.3 is 29.4 Å². The normalized spacial score (nSPS) is 28.2. The van der Waals surface area contributed by atoms with Crippen molar-refractivity contribution in [3.8, 4) is 0 Å². The fourth-order valence-electron chi connectivity index (χ4n) is 5.20. The minimum Gasteiger partial charge on any atom is -0.465 e. The van der Waals surface area contributed by atoms with Crippen molar-refractivity contribution < 1.29 is 33.6 Å². The Labute approximate surface area is 194 Å². The van der Waals surface area contributed by atoms with E-state index in [4.69, 9.17) is 24.1 Å². The van der Waals surface area contributed by atoms with Crippen LogP contribution in [0, 0.1) is 11.8 Å². The van der Waals surface area contributed by atoms with Crippen LogP contribution in [-0.4, -0.2) is 62.9 Å². The van der Waals surface area contributed by atoms with Crippen LogP contribution in [0.4, 0.5) is 0 Å². The Hall–Kier alpha value is -2.42. The van der Waals surface area contributed by atoms with E-state index < -0.39 is 6.29 Å². The van der Waals surface area contributed by atoms with E-state index in [0.717, 1.165) is 17.9 Å². The molecular formula is C25H33NO7. The van der Waals surface area contributed by atoms with Crippen LogP contribution in [0.2, 0.25) is 0 Å². The van der Waals surface area contributed by atoms with Gasteiger partial charge in [-0.15, -0.1) is 0 Å². The number of hydrogen-bond donors (Lipinski definition) is 2. The Kier molecular flexibility index (Phi) is 8.01. The summed E-state index contributed by atoms with van der Waals surface area (Å²) in [6.45, 7) is 0.829. The van der Waals surface area contributed by atoms with Crippen molar-refractivity contribution in [3.63, 3.8) is 0 Å². The van der Waals surface area contributed by atoms with Crippen LogP contribution in [0.25, 0.3) is 0 Å². The predicted octanol–water partition coefficient (Wildman–Crippen LogP) is 2.52. The number of benzene rings is 1. The van der Waals surface area contributed by atoms with Gasteiger partial charge in [-0.1, -0.05) is 18.6 Å². The average Bonchev–Trinajstić information content (AvgIpc) is 3.47. The number of hydrogen-bond acceptors (Lipinski definition) is 7. The number of aliphatic hydroxyl groups is 1. The molecule has 2 N–H and O–H groups in total. The van der Waals surface area contributed by atoms with E-state index in [2.05, 4.69) is 5.32 Å². The topological polar surface area (TPSA) is 103 Å². The van der Waals surface area contributed by atoms with Gasteiger partial charge in [0, 0.05) is 18.4 Å². The van der Waals surface area contributed by atoms with Gasteiger partial charge >= 0.3 is 5.97 Å². The van der Waals surface area contributed by atoms with E-state index in [1.807, 2.05) is 18.2 Å². The summed E-state index contributed by atoms with van der Waals surface area (Å²) in [5.74, 6) is 0.882. The number of nitrogens with one attached hydrogen (secondary N) is 1. The molecule has 8 nitrogen and oxygen atoms in total. The predicted molar refractivity (Wildman–Crippen MR) is 119 cm³/mol. The van der Waals surface area contributed by atoms with Crippen molar-refractivity contribution in [1.82, 2.24) is 5.32 Å². The number of aliphatic hydroxyl groups excluding tert-OH is 1. The average molecular weight is 460 g/mol. The maximum Gasteiger partial charge on any atom is 0.337 e. The van der Waals surface area contributed by atoms with E-state index in [-0.39, 0.29) is 42.8 Å². The van der Waals surface area contributed by atoms with Crippen LogP contribution in [-0.2, 0) is 23.7 Å². The molecule has 2 saturated carbocycles. The molecule has 2 aliphatic carbocycles. The van der Waals surface area contributed by atoms with Gasteiger partial charge in [0.05, 0.1) is 39.1 Å². The van der Waals surface area contributed by atoms with Crippen LogP contribution in [0.1, 0.15) is 53.9 Å². The number of carbonyl (C=O) groups excluding carboxylic acids is 2. The van der Waals surface area contributed by atoms with Gasteiger partial charge in [0.1, 0.15) is 0 Å². The molecule has 0 radical (unpaired) electrons. The second-order valence-corrected chi connectivity index (χ2v) is 9.00. The highest BCUT2D eigenvalue weighted by molar-refractivity contribution is 5.92. The number of allylic oxidation sites excluding steroid dienone is 1. The number of amides is 1. The summed E-state index contributed by atoms with van der Waals surface area (Å²) in [6.07, 6.45) is 6.49. The first-order chi connectivity index (χ1) is 16.1. The fourth-order valence-corrected chi connectivity index (χ4v) is 5.20. The number of methoxy groups -OCH3 is 1. The SMILES string of the molecule is COC(=O)c1ccc([C@H]2C=C(C(=O)NC3CC4CCC3C4)O[C@@H](OCCOCCO)C2)cc1. The monoisotopic (exact) mass is 459 g/mol. The first-order valence-corrected chi connectivity index (χ1v) is 11.7. The van der Waals surface area contributed by atoms with E-state index in [0.29, 0.717) is 31.1 Å². The van der Waals surface area contributed by atoms with Gasteiger partial charge in [-0.2, -0.15) is 0 Å². The lowest BCUT2D eigenvalue weighted by Gasteiger charge is -2.30. The largest absolute Gasteiger partial charge is 0.465 e. The van der Waals surface area contributed by atoms with Gasteiger partial charge in [0.2, 0.25) is 6.29 Å². The minimum atomic E-state index is -0.598. The second-order valence-electron chi connectivity index (χ2n) is 9.00. The molecule has 3 unspecified atom stereocenters. The van der Waals surface area contributed by atoms with Crippen LogP contribution < -0.4 is 5.32 Å². The maximum atomic E-state index is 13.1. The summed E-state index contributed by atoms with van der Waals surface area (Å²) in [7, 11) is 1.35. The molecule has 2 fully saturated rings. The van der Waals surface area contributed by atoms with Gasteiger partial charge in [0.15, 0.2) is 5.76 Å². The number of carbonyl (C=O) groups is 2. The molecule has 1 aromatic carbocycles. The van der Waals surface area contributed by atoms with E-state index in [1.54, 1.807) is 12.1 Å². The van der Waals surface area contributed by atoms with Crippen molar-refractivity contribution in [2.75, 3.05) is 33.5 Å². The molecule has 1 heterocycles. The first-order valence-electron chi connectivity index (χ1n) is 11.7. The molecule has 8 heteroatoms. The number of esters is 1. The standard InChI is InChI=1S/C25H33NO7/c1-30-25(29)18-6-4-17(5-7-18)20-14-22(33-23(15-20)32-11-10-31-9-8-27)24(28)26-21-13-16-2-3-19(21)12-16/h4-7,14,16,19-21,23,27H,2-3,8-13,15H2,1H3,(H,26,28)/t16?,19?,20-,21?,23+/m0/s1. The minimum absolute atomic E-state index is 0.0420. The number of fused-ring (bicyclic) bond motifs is 2. The lowest BCUT2D eigenvalue weighted by atomic mass is 9.92. The Bertz CT molecular complexity index is 853. The molecule has 5 atom stereocenters. The van der Waals surface area contributed by atoms with Gasteiger partial charge in [-0.05, 0) is 54.9 Å². The molecule has 1 aliphatic heterocycles. The Morgan fingerprint density at radius 3 is 2.58 bits per heavy atom. The third kappa shape index (κ3) is 5.93. The molecule has 3 aliphatic rings. The zero-order valence-electron chi connectivity index (χ0n) is 19.0. The molecule has 33 heavy (non-hydrogen) atoms. The van der Waals surface area contributed by atoms with Crippen molar-refractivity contribution >= 4 is 11.9 Å². The molecule has 0 saturated heterocycles. The molecular weight excluding hydrogens is 426 g/mol. The summed E-state index contributed by atoms with van der Waals surface area (Å²) >= 11 is 0. The van der Waals surface area contributed by atoms with Crippen LogP contribution in [0.15, 0.2) is 36.1 Å². The van der Waals surface area contributed by atoms with E-state index in [1.165, 1.54) is 26.4 Å². The zero-order chi connectivity index (χ0) is 23.2. The molecule has 1 aromatic rings. The Morgan fingerprint density at radius 2 is 1.91 bits per heavy atom. The van der Waals surface area contributed by atoms with Crippen LogP contribution in [0.3, 0.4) is 0 Å². The quantitative estimate of drug-likeness (QED) is 0.409. The lowest BCUT2D eigenvalue weighted by Crippen LogP contribution is -2.41. The highest BCUT2D eigenvalue weighted by Crippen LogP contribution is 2.44. The number of ether oxygens (including phenoxy) is 4. The van der Waals surface area contributed by atoms with E-state index >= 15 is 0 Å². The number of rotatable bonds is 10. The lowest BCUT2D eigenvalue weighted by molar-refractivity contribution is -0.151. The molecule has 0 aromatic heterocycles. The van der Waals surface area contributed by atoms with Crippen LogP contribution >= 0.6 is 0 Å². The van der Waals surface area contributed by atoms with Crippen molar-refractivity contribution in [2.45, 2.75) is 50.4 Å². The van der Waals surface area contributed by atoms with Gasteiger partial charge in [-0.3, -0.25) is 4.79 Å². The Morgan fingerprint density at radius 1 is 1.09 bits per heavy atom. The zero-order valence-corrected chi connectivity index (χ0v) is 19.0. The third-order valence-electron chi connectivity index (χ3n) is 6.86. The van der Waals surface area contributed by atoms with Gasteiger partial charge in [-0.25, -0.2) is 4.79 Å². The fraction of sp³-hybridized carbons (Fsp3) is 0.600. The summed E-state index contributed by atoms with van der Waals surface area (Å²) in [5, 5.41) is 12.0. The van der Waals surface area contributed by atoms with Crippen molar-refractivity contribution in [3.05, 3.63) is 47.2 Å². The summed E-state index contributed by atoms with van der Waals surface area (Å²) < 4.78 is 21.8.